The predicted octanol–water partition coefficient (Wildman–Crippen LogP) is 0.328. The van der Waals surface area contributed by atoms with E-state index in [0.717, 1.165) is 6.41 Å². The van der Waals surface area contributed by atoms with Gasteiger partial charge in [-0.25, -0.2) is 0 Å². The molecule has 1 unspecified atom stereocenters. The van der Waals surface area contributed by atoms with Gasteiger partial charge in [0.2, 0.25) is 6.41 Å². The number of carbonyl (C=O) groups is 1. The second kappa shape index (κ2) is 5.50. The molecule has 0 rings (SSSR count). The number of hydrogen-bond donors (Lipinski definition) is 0. The van der Waals surface area contributed by atoms with Crippen LogP contribution in [0.3, 0.4) is 0 Å². The van der Waals surface area contributed by atoms with Crippen molar-refractivity contribution >= 4 is 18.0 Å². The lowest BCUT2D eigenvalue weighted by Gasteiger charge is -2.16. The topological polar surface area (TPSA) is 29.5 Å². The summed E-state index contributed by atoms with van der Waals surface area (Å²) < 4.78 is 4.94. The number of methoxy groups -OCH3 is 1. The Balaban J connectivity index is 3.51. The van der Waals surface area contributed by atoms with E-state index in [4.69, 9.17) is 16.3 Å². The molecule has 0 fully saturated rings. The molecule has 3 nitrogen and oxygen atoms in total. The van der Waals surface area contributed by atoms with Crippen LogP contribution in [0.25, 0.3) is 0 Å². The van der Waals surface area contributed by atoms with E-state index in [1.807, 2.05) is 0 Å². The lowest BCUT2D eigenvalue weighted by Crippen LogP contribution is -2.30. The molecule has 0 aromatic heterocycles. The normalized spacial score (nSPS) is 12.7. The molecular weight excluding hydrogens is 154 g/mol. The van der Waals surface area contributed by atoms with E-state index in [2.05, 4.69) is 0 Å². The van der Waals surface area contributed by atoms with Gasteiger partial charge >= 0.3 is 0 Å². The maximum atomic E-state index is 10.1. The van der Waals surface area contributed by atoms with Gasteiger partial charge in [-0.2, -0.15) is 0 Å². The Labute approximate surface area is 65.9 Å². The summed E-state index contributed by atoms with van der Waals surface area (Å²) in [6, 6.07) is 0. The van der Waals surface area contributed by atoms with Gasteiger partial charge in [-0.1, -0.05) is 0 Å². The minimum absolute atomic E-state index is 0.0585. The van der Waals surface area contributed by atoms with Gasteiger partial charge in [-0.3, -0.25) is 4.79 Å². The molecule has 1 amide bonds. The molecule has 0 spiro atoms. The molecule has 0 aromatic rings. The minimum Gasteiger partial charge on any atom is -0.378 e. The van der Waals surface area contributed by atoms with Crippen molar-refractivity contribution in [2.45, 2.75) is 6.10 Å². The standard InChI is InChI=1S/C6H12ClNO2/c1-8(5-9)4-6(3-7)10-2/h5-6H,3-4H2,1-2H3. The zero-order valence-corrected chi connectivity index (χ0v) is 6.97. The predicted molar refractivity (Wildman–Crippen MR) is 40.2 cm³/mol. The zero-order valence-electron chi connectivity index (χ0n) is 6.21. The average molecular weight is 166 g/mol. The fourth-order valence-electron chi connectivity index (χ4n) is 0.551. The lowest BCUT2D eigenvalue weighted by atomic mass is 10.4. The van der Waals surface area contributed by atoms with Crippen LogP contribution >= 0.6 is 11.6 Å². The smallest absolute Gasteiger partial charge is 0.209 e. The van der Waals surface area contributed by atoms with E-state index < -0.39 is 0 Å². The van der Waals surface area contributed by atoms with Crippen molar-refractivity contribution in [3.8, 4) is 0 Å². The first-order valence-corrected chi connectivity index (χ1v) is 3.52. The van der Waals surface area contributed by atoms with Crippen molar-refractivity contribution in [3.05, 3.63) is 0 Å². The molecular formula is C6H12ClNO2. The summed E-state index contributed by atoms with van der Waals surface area (Å²) in [5.41, 5.74) is 0. The molecule has 0 radical (unpaired) electrons. The summed E-state index contributed by atoms with van der Waals surface area (Å²) in [6.45, 7) is 0.545. The number of hydrogen-bond acceptors (Lipinski definition) is 2. The van der Waals surface area contributed by atoms with E-state index in [0.29, 0.717) is 12.4 Å². The van der Waals surface area contributed by atoms with Crippen molar-refractivity contribution < 1.29 is 9.53 Å². The second-order valence-corrected chi connectivity index (χ2v) is 2.37. The third kappa shape index (κ3) is 3.69. The summed E-state index contributed by atoms with van der Waals surface area (Å²) in [6.07, 6.45) is 0.690. The van der Waals surface area contributed by atoms with Crippen LogP contribution in [-0.2, 0) is 9.53 Å². The van der Waals surface area contributed by atoms with Gasteiger partial charge in [0, 0.05) is 20.7 Å². The Morgan fingerprint density at radius 2 is 2.40 bits per heavy atom. The number of likely N-dealkylation sites (N-methyl/N-ethyl adjacent to an activating group) is 1. The van der Waals surface area contributed by atoms with Gasteiger partial charge in [0.1, 0.15) is 0 Å². The Morgan fingerprint density at radius 3 is 2.70 bits per heavy atom. The van der Waals surface area contributed by atoms with Crippen LogP contribution in [0, 0.1) is 0 Å². The van der Waals surface area contributed by atoms with E-state index in [1.54, 1.807) is 14.2 Å². The van der Waals surface area contributed by atoms with Crippen molar-refractivity contribution in [2.75, 3.05) is 26.6 Å². The molecule has 0 heterocycles. The highest BCUT2D eigenvalue weighted by molar-refractivity contribution is 6.18. The first-order chi connectivity index (χ1) is 4.74. The zero-order chi connectivity index (χ0) is 7.98. The van der Waals surface area contributed by atoms with Gasteiger partial charge in [-0.15, -0.1) is 11.6 Å². The van der Waals surface area contributed by atoms with Crippen molar-refractivity contribution in [1.82, 2.24) is 4.90 Å². The molecule has 0 saturated carbocycles. The molecule has 0 aliphatic heterocycles. The van der Waals surface area contributed by atoms with Crippen LogP contribution in [0.2, 0.25) is 0 Å². The van der Waals surface area contributed by atoms with Gasteiger partial charge in [-0.05, 0) is 0 Å². The van der Waals surface area contributed by atoms with Crippen LogP contribution in [0.4, 0.5) is 0 Å². The van der Waals surface area contributed by atoms with Crippen molar-refractivity contribution in [2.24, 2.45) is 0 Å². The molecule has 0 aromatic carbocycles. The first kappa shape index (κ1) is 9.72. The number of alkyl halides is 1. The fourth-order valence-corrected chi connectivity index (χ4v) is 0.774. The molecule has 0 bridgehead atoms. The van der Waals surface area contributed by atoms with E-state index in [-0.39, 0.29) is 6.10 Å². The number of carbonyl (C=O) groups excluding carboxylic acids is 1. The minimum atomic E-state index is -0.0585. The fraction of sp³-hybridized carbons (Fsp3) is 0.833. The summed E-state index contributed by atoms with van der Waals surface area (Å²) >= 11 is 5.50. The largest absolute Gasteiger partial charge is 0.378 e. The van der Waals surface area contributed by atoms with Gasteiger partial charge in [0.15, 0.2) is 0 Å². The molecule has 10 heavy (non-hydrogen) atoms. The maximum Gasteiger partial charge on any atom is 0.209 e. The first-order valence-electron chi connectivity index (χ1n) is 2.99. The molecule has 1 atom stereocenters. The second-order valence-electron chi connectivity index (χ2n) is 2.06. The Morgan fingerprint density at radius 1 is 1.80 bits per heavy atom. The van der Waals surface area contributed by atoms with Crippen molar-refractivity contribution in [3.63, 3.8) is 0 Å². The number of ether oxygens (including phenoxy) is 1. The van der Waals surface area contributed by atoms with Crippen molar-refractivity contribution in [1.29, 1.82) is 0 Å². The number of amides is 1. The molecule has 0 aliphatic rings. The summed E-state index contributed by atoms with van der Waals surface area (Å²) in [7, 11) is 3.26. The summed E-state index contributed by atoms with van der Waals surface area (Å²) in [5, 5.41) is 0. The van der Waals surface area contributed by atoms with Crippen LogP contribution in [0.5, 0.6) is 0 Å². The van der Waals surface area contributed by atoms with Gasteiger partial charge < -0.3 is 9.64 Å². The van der Waals surface area contributed by atoms with Gasteiger partial charge in [0.05, 0.1) is 12.0 Å². The van der Waals surface area contributed by atoms with Crippen LogP contribution in [0.1, 0.15) is 0 Å². The molecule has 0 aliphatic carbocycles. The van der Waals surface area contributed by atoms with E-state index in [1.165, 1.54) is 4.90 Å². The quantitative estimate of drug-likeness (QED) is 0.434. The molecule has 0 saturated heterocycles. The number of rotatable bonds is 5. The van der Waals surface area contributed by atoms with Gasteiger partial charge in [0.25, 0.3) is 0 Å². The molecule has 0 N–H and O–H groups in total. The number of nitrogens with zero attached hydrogens (tertiary/aromatic N) is 1. The van der Waals surface area contributed by atoms with Crippen LogP contribution in [0.15, 0.2) is 0 Å². The molecule has 60 valence electrons. The Hall–Kier alpha value is -0.280. The number of halogens is 1. The van der Waals surface area contributed by atoms with E-state index >= 15 is 0 Å². The summed E-state index contributed by atoms with van der Waals surface area (Å²) in [5.74, 6) is 0.411. The average Bonchev–Trinajstić information content (AvgIpc) is 1.99. The highest BCUT2D eigenvalue weighted by Gasteiger charge is 2.06. The Bertz CT molecular complexity index is 95.7. The Kier molecular flexibility index (Phi) is 5.35. The SMILES string of the molecule is COC(CCl)CN(C)C=O. The third-order valence-electron chi connectivity index (χ3n) is 1.18. The third-order valence-corrected chi connectivity index (χ3v) is 1.52. The maximum absolute atomic E-state index is 10.1. The van der Waals surface area contributed by atoms with Crippen LogP contribution < -0.4 is 0 Å². The lowest BCUT2D eigenvalue weighted by molar-refractivity contribution is -0.118. The highest BCUT2D eigenvalue weighted by atomic mass is 35.5. The van der Waals surface area contributed by atoms with Crippen LogP contribution in [-0.4, -0.2) is 44.0 Å². The molecule has 4 heteroatoms. The monoisotopic (exact) mass is 165 g/mol. The highest BCUT2D eigenvalue weighted by Crippen LogP contribution is 1.94. The summed E-state index contributed by atoms with van der Waals surface area (Å²) in [4.78, 5) is 11.6. The van der Waals surface area contributed by atoms with E-state index in [9.17, 15) is 4.79 Å².